The van der Waals surface area contributed by atoms with Crippen LogP contribution in [0.25, 0.3) is 11.0 Å². The third-order valence-electron chi connectivity index (χ3n) is 2.45. The minimum absolute atomic E-state index is 0.0608. The van der Waals surface area contributed by atoms with Crippen LogP contribution < -0.4 is 10.5 Å². The number of aromatic hydroxyl groups is 1. The molecule has 8 heteroatoms. The summed E-state index contributed by atoms with van der Waals surface area (Å²) in [7, 11) is 1.25. The summed E-state index contributed by atoms with van der Waals surface area (Å²) in [5.41, 5.74) is 3.74. The lowest BCUT2D eigenvalue weighted by Crippen LogP contribution is -2.13. The monoisotopic (exact) mass is 252 g/mol. The number of nitrogens with zero attached hydrogens (tertiary/aromatic N) is 1. The second-order valence-electron chi connectivity index (χ2n) is 3.39. The third kappa shape index (κ3) is 1.43. The molecule has 0 unspecified atom stereocenters. The first-order valence-corrected chi connectivity index (χ1v) is 4.73. The topological polar surface area (TPSA) is 129 Å². The molecular weight excluding hydrogens is 244 g/mol. The lowest BCUT2D eigenvalue weighted by atomic mass is 10.1. The number of fused-ring (bicyclic) bond motifs is 1. The lowest BCUT2D eigenvalue weighted by molar-refractivity contribution is -0.384. The van der Waals surface area contributed by atoms with Crippen molar-refractivity contribution in [1.29, 1.82) is 0 Å². The maximum Gasteiger partial charge on any atom is 0.354 e. The van der Waals surface area contributed by atoms with Gasteiger partial charge in [0.25, 0.3) is 5.91 Å². The largest absolute Gasteiger partial charge is 0.501 e. The van der Waals surface area contributed by atoms with Gasteiger partial charge in [-0.3, -0.25) is 14.9 Å². The Labute approximate surface area is 99.7 Å². The average Bonchev–Trinajstić information content (AvgIpc) is 2.74. The number of hydrogen-bond donors (Lipinski definition) is 2. The number of hydrogen-bond acceptors (Lipinski definition) is 6. The van der Waals surface area contributed by atoms with E-state index in [9.17, 15) is 20.0 Å². The predicted molar refractivity (Wildman–Crippen MR) is 59.6 cm³/mol. The number of methoxy groups -OCH3 is 1. The summed E-state index contributed by atoms with van der Waals surface area (Å²) < 4.78 is 9.89. The van der Waals surface area contributed by atoms with E-state index in [1.54, 1.807) is 0 Å². The lowest BCUT2D eigenvalue weighted by Gasteiger charge is -2.09. The van der Waals surface area contributed by atoms with Crippen molar-refractivity contribution in [3.05, 3.63) is 28.0 Å². The van der Waals surface area contributed by atoms with Gasteiger partial charge >= 0.3 is 5.69 Å². The number of nitro benzene ring substituents is 1. The number of phenols is 1. The molecule has 1 heterocycles. The fourth-order valence-electron chi connectivity index (χ4n) is 1.75. The molecule has 1 aromatic heterocycles. The highest BCUT2D eigenvalue weighted by Crippen LogP contribution is 2.44. The van der Waals surface area contributed by atoms with Gasteiger partial charge in [0.15, 0.2) is 0 Å². The summed E-state index contributed by atoms with van der Waals surface area (Å²) in [6.07, 6.45) is 1.18. The first kappa shape index (κ1) is 11.7. The molecule has 18 heavy (non-hydrogen) atoms. The van der Waals surface area contributed by atoms with Gasteiger partial charge in [0, 0.05) is 0 Å². The summed E-state index contributed by atoms with van der Waals surface area (Å²) in [5, 5.41) is 20.9. The van der Waals surface area contributed by atoms with E-state index in [0.717, 1.165) is 0 Å². The van der Waals surface area contributed by atoms with Crippen molar-refractivity contribution < 1.29 is 24.0 Å². The van der Waals surface area contributed by atoms with Gasteiger partial charge in [-0.15, -0.1) is 0 Å². The van der Waals surface area contributed by atoms with Crippen LogP contribution in [0.1, 0.15) is 10.4 Å². The summed E-state index contributed by atoms with van der Waals surface area (Å²) in [6, 6.07) is 1.38. The van der Waals surface area contributed by atoms with E-state index in [1.165, 1.54) is 19.4 Å². The van der Waals surface area contributed by atoms with Crippen LogP contribution >= 0.6 is 0 Å². The molecule has 0 saturated carbocycles. The molecule has 0 aliphatic rings. The van der Waals surface area contributed by atoms with Gasteiger partial charge < -0.3 is 20.0 Å². The summed E-state index contributed by atoms with van der Waals surface area (Å²) in [4.78, 5) is 21.3. The Bertz CT molecular complexity index is 660. The smallest absolute Gasteiger partial charge is 0.354 e. The number of ether oxygens (including phenoxy) is 1. The predicted octanol–water partition coefficient (Wildman–Crippen LogP) is 1.15. The Morgan fingerprint density at radius 1 is 1.61 bits per heavy atom. The maximum atomic E-state index is 11.3. The number of nitrogens with two attached hydrogens (primary N) is 1. The molecule has 94 valence electrons. The SMILES string of the molecule is COc1c(C(N)=O)c(O)c([N+](=O)[O-])c2occc12. The summed E-state index contributed by atoms with van der Waals surface area (Å²) in [6.45, 7) is 0. The zero-order valence-electron chi connectivity index (χ0n) is 9.17. The van der Waals surface area contributed by atoms with Crippen molar-refractivity contribution in [3.8, 4) is 11.5 Å². The van der Waals surface area contributed by atoms with Gasteiger partial charge in [-0.25, -0.2) is 0 Å². The first-order valence-electron chi connectivity index (χ1n) is 4.73. The molecule has 2 rings (SSSR count). The van der Waals surface area contributed by atoms with Crippen molar-refractivity contribution in [2.75, 3.05) is 7.11 Å². The standard InChI is InChI=1S/C10H8N2O6/c1-17-8-4-2-3-18-9(4)6(12(15)16)7(13)5(8)10(11)14/h2-3,13H,1H3,(H2,11,14). The van der Waals surface area contributed by atoms with E-state index in [4.69, 9.17) is 14.9 Å². The fraction of sp³-hybridized carbons (Fsp3) is 0.100. The van der Waals surface area contributed by atoms with Gasteiger partial charge in [-0.2, -0.15) is 0 Å². The number of benzene rings is 1. The van der Waals surface area contributed by atoms with E-state index in [-0.39, 0.29) is 16.7 Å². The zero-order valence-corrected chi connectivity index (χ0v) is 9.17. The highest BCUT2D eigenvalue weighted by atomic mass is 16.6. The summed E-state index contributed by atoms with van der Waals surface area (Å²) >= 11 is 0. The minimum atomic E-state index is -1.03. The molecule has 0 aliphatic carbocycles. The molecular formula is C10H8N2O6. The van der Waals surface area contributed by atoms with Crippen LogP contribution in [-0.4, -0.2) is 23.0 Å². The van der Waals surface area contributed by atoms with E-state index in [1.807, 2.05) is 0 Å². The van der Waals surface area contributed by atoms with Crippen LogP contribution in [0.3, 0.4) is 0 Å². The van der Waals surface area contributed by atoms with Gasteiger partial charge in [0.2, 0.25) is 11.3 Å². The van der Waals surface area contributed by atoms with Crippen LogP contribution in [0, 0.1) is 10.1 Å². The number of carbonyl (C=O) groups excluding carboxylic acids is 1. The van der Waals surface area contributed by atoms with Crippen molar-refractivity contribution in [2.24, 2.45) is 5.73 Å². The molecule has 0 atom stereocenters. The Morgan fingerprint density at radius 2 is 2.28 bits per heavy atom. The molecule has 8 nitrogen and oxygen atoms in total. The summed E-state index contributed by atoms with van der Waals surface area (Å²) in [5.74, 6) is -1.96. The van der Waals surface area contributed by atoms with Crippen LogP contribution in [0.2, 0.25) is 0 Å². The number of carbonyl (C=O) groups is 1. The number of furan rings is 1. The molecule has 0 fully saturated rings. The van der Waals surface area contributed by atoms with E-state index in [0.29, 0.717) is 0 Å². The minimum Gasteiger partial charge on any atom is -0.501 e. The number of primary amides is 1. The Hall–Kier alpha value is -2.77. The highest BCUT2D eigenvalue weighted by molar-refractivity contribution is 6.08. The van der Waals surface area contributed by atoms with Crippen LogP contribution in [0.15, 0.2) is 16.7 Å². The Balaban J connectivity index is 3.02. The van der Waals surface area contributed by atoms with E-state index >= 15 is 0 Å². The second-order valence-corrected chi connectivity index (χ2v) is 3.39. The molecule has 0 spiro atoms. The molecule has 0 saturated heterocycles. The molecule has 1 amide bonds. The molecule has 0 radical (unpaired) electrons. The van der Waals surface area contributed by atoms with Gasteiger partial charge in [0.05, 0.1) is 23.7 Å². The quantitative estimate of drug-likeness (QED) is 0.622. The number of amides is 1. The number of nitro groups is 1. The normalized spacial score (nSPS) is 10.5. The van der Waals surface area contributed by atoms with Gasteiger partial charge in [-0.1, -0.05) is 0 Å². The first-order chi connectivity index (χ1) is 8.49. The fourth-order valence-corrected chi connectivity index (χ4v) is 1.75. The highest BCUT2D eigenvalue weighted by Gasteiger charge is 2.31. The van der Waals surface area contributed by atoms with Gasteiger partial charge in [-0.05, 0) is 6.07 Å². The zero-order chi connectivity index (χ0) is 13.4. The molecule has 2 aromatic rings. The third-order valence-corrected chi connectivity index (χ3v) is 2.45. The average molecular weight is 252 g/mol. The molecule has 1 aromatic carbocycles. The van der Waals surface area contributed by atoms with Crippen molar-refractivity contribution in [1.82, 2.24) is 0 Å². The molecule has 0 aliphatic heterocycles. The van der Waals surface area contributed by atoms with Crippen molar-refractivity contribution >= 4 is 22.6 Å². The van der Waals surface area contributed by atoms with E-state index in [2.05, 4.69) is 0 Å². The van der Waals surface area contributed by atoms with Gasteiger partial charge in [0.1, 0.15) is 11.3 Å². The number of rotatable bonds is 3. The van der Waals surface area contributed by atoms with Crippen molar-refractivity contribution in [2.45, 2.75) is 0 Å². The molecule has 0 bridgehead atoms. The van der Waals surface area contributed by atoms with Crippen molar-refractivity contribution in [3.63, 3.8) is 0 Å². The van der Waals surface area contributed by atoms with Crippen LogP contribution in [0.5, 0.6) is 11.5 Å². The Kier molecular flexibility index (Phi) is 2.55. The molecule has 3 N–H and O–H groups in total. The maximum absolute atomic E-state index is 11.3. The van der Waals surface area contributed by atoms with Crippen LogP contribution in [0.4, 0.5) is 5.69 Å². The van der Waals surface area contributed by atoms with Crippen LogP contribution in [-0.2, 0) is 0 Å². The Morgan fingerprint density at radius 3 is 2.78 bits per heavy atom. The second kappa shape index (κ2) is 3.91. The van der Waals surface area contributed by atoms with E-state index < -0.39 is 27.8 Å².